The van der Waals surface area contributed by atoms with Crippen molar-refractivity contribution in [2.75, 3.05) is 20.3 Å². The van der Waals surface area contributed by atoms with Crippen molar-refractivity contribution in [2.45, 2.75) is 39.7 Å². The van der Waals surface area contributed by atoms with Crippen LogP contribution in [0.1, 0.15) is 37.9 Å². The number of aryl methyl sites for hydroxylation is 2. The first-order chi connectivity index (χ1) is 10.5. The van der Waals surface area contributed by atoms with E-state index in [0.717, 1.165) is 24.1 Å². The minimum absolute atomic E-state index is 0.0231. The van der Waals surface area contributed by atoms with Crippen LogP contribution < -0.4 is 0 Å². The normalized spacial score (nSPS) is 11.6. The zero-order valence-electron chi connectivity index (χ0n) is 14.1. The number of aromatic nitrogens is 2. The van der Waals surface area contributed by atoms with Gasteiger partial charge in [0.2, 0.25) is 5.91 Å². The van der Waals surface area contributed by atoms with Gasteiger partial charge in [0.1, 0.15) is 5.15 Å². The van der Waals surface area contributed by atoms with Crippen molar-refractivity contribution in [2.24, 2.45) is 7.05 Å². The Balaban J connectivity index is 2.91. The van der Waals surface area contributed by atoms with Crippen LogP contribution in [0.5, 0.6) is 0 Å². The molecule has 0 aliphatic rings. The monoisotopic (exact) mass is 327 g/mol. The zero-order chi connectivity index (χ0) is 16.7. The standard InChI is InChI=1S/C16H26ClN3O2/c1-6-13(7-2)20(10-11-22-5)15(21)9-8-14-12(3)18-19(4)16(14)17/h8-9,13H,6-7,10-11H2,1-5H3/b9-8+. The highest BCUT2D eigenvalue weighted by molar-refractivity contribution is 6.31. The maximum Gasteiger partial charge on any atom is 0.246 e. The molecule has 0 spiro atoms. The molecule has 0 atom stereocenters. The van der Waals surface area contributed by atoms with Gasteiger partial charge in [-0.25, -0.2) is 0 Å². The van der Waals surface area contributed by atoms with Crippen LogP contribution >= 0.6 is 11.6 Å². The number of ether oxygens (including phenoxy) is 1. The average molecular weight is 328 g/mol. The van der Waals surface area contributed by atoms with E-state index in [-0.39, 0.29) is 11.9 Å². The SMILES string of the molecule is CCC(CC)N(CCOC)C(=O)/C=C/c1c(C)nn(C)c1Cl. The number of methoxy groups -OCH3 is 1. The van der Waals surface area contributed by atoms with E-state index in [9.17, 15) is 4.79 Å². The fraction of sp³-hybridized carbons (Fsp3) is 0.625. The van der Waals surface area contributed by atoms with Crippen molar-refractivity contribution >= 4 is 23.6 Å². The second-order valence-electron chi connectivity index (χ2n) is 5.24. The van der Waals surface area contributed by atoms with E-state index >= 15 is 0 Å². The molecule has 0 aromatic carbocycles. The summed E-state index contributed by atoms with van der Waals surface area (Å²) in [6, 6.07) is 0.220. The van der Waals surface area contributed by atoms with Crippen LogP contribution in [0.3, 0.4) is 0 Å². The van der Waals surface area contributed by atoms with Gasteiger partial charge in [-0.2, -0.15) is 5.10 Å². The molecule has 0 unspecified atom stereocenters. The number of carbonyl (C=O) groups excluding carboxylic acids is 1. The van der Waals surface area contributed by atoms with Gasteiger partial charge >= 0.3 is 0 Å². The predicted molar refractivity (Wildman–Crippen MR) is 89.9 cm³/mol. The summed E-state index contributed by atoms with van der Waals surface area (Å²) < 4.78 is 6.72. The van der Waals surface area contributed by atoms with E-state index in [1.165, 1.54) is 0 Å². The van der Waals surface area contributed by atoms with Crippen molar-refractivity contribution in [1.82, 2.24) is 14.7 Å². The molecule has 0 saturated carbocycles. The molecule has 124 valence electrons. The molecule has 22 heavy (non-hydrogen) atoms. The molecule has 1 aromatic rings. The summed E-state index contributed by atoms with van der Waals surface area (Å²) in [6.45, 7) is 7.17. The van der Waals surface area contributed by atoms with Gasteiger partial charge in [-0.1, -0.05) is 25.4 Å². The lowest BCUT2D eigenvalue weighted by Crippen LogP contribution is -2.40. The number of nitrogens with zero attached hydrogens (tertiary/aromatic N) is 3. The molecule has 5 nitrogen and oxygen atoms in total. The number of rotatable bonds is 8. The smallest absolute Gasteiger partial charge is 0.246 e. The van der Waals surface area contributed by atoms with E-state index in [1.54, 1.807) is 31.0 Å². The molecule has 6 heteroatoms. The number of amides is 1. The third-order valence-corrected chi connectivity index (χ3v) is 4.24. The quantitative estimate of drug-likeness (QED) is 0.689. The van der Waals surface area contributed by atoms with Gasteiger partial charge in [0.15, 0.2) is 0 Å². The number of halogens is 1. The molecule has 0 aliphatic carbocycles. The fourth-order valence-electron chi connectivity index (χ4n) is 2.48. The highest BCUT2D eigenvalue weighted by Gasteiger charge is 2.19. The van der Waals surface area contributed by atoms with E-state index < -0.39 is 0 Å². The number of hydrogen-bond donors (Lipinski definition) is 0. The molecule has 1 rings (SSSR count). The van der Waals surface area contributed by atoms with Crippen LogP contribution in [0.2, 0.25) is 5.15 Å². The van der Waals surface area contributed by atoms with Gasteiger partial charge in [-0.3, -0.25) is 9.48 Å². The summed E-state index contributed by atoms with van der Waals surface area (Å²) in [6.07, 6.45) is 5.16. The van der Waals surface area contributed by atoms with Gasteiger partial charge in [0.25, 0.3) is 0 Å². The van der Waals surface area contributed by atoms with Gasteiger partial charge in [-0.05, 0) is 25.8 Å². The maximum atomic E-state index is 12.5. The van der Waals surface area contributed by atoms with Crippen LogP contribution in [0, 0.1) is 6.92 Å². The highest BCUT2D eigenvalue weighted by atomic mass is 35.5. The third-order valence-electron chi connectivity index (χ3n) is 3.79. The molecule has 0 aliphatic heterocycles. The molecule has 0 bridgehead atoms. The van der Waals surface area contributed by atoms with Crippen LogP contribution in [-0.2, 0) is 16.6 Å². The average Bonchev–Trinajstić information content (AvgIpc) is 2.74. The first kappa shape index (κ1) is 18.7. The van der Waals surface area contributed by atoms with Crippen LogP contribution in [0.4, 0.5) is 0 Å². The highest BCUT2D eigenvalue weighted by Crippen LogP contribution is 2.20. The summed E-state index contributed by atoms with van der Waals surface area (Å²) in [5.74, 6) is -0.0231. The van der Waals surface area contributed by atoms with E-state index in [4.69, 9.17) is 16.3 Å². The second-order valence-corrected chi connectivity index (χ2v) is 5.60. The molecular weight excluding hydrogens is 302 g/mol. The second kappa shape index (κ2) is 8.96. The molecule has 1 heterocycles. The Hall–Kier alpha value is -1.33. The zero-order valence-corrected chi connectivity index (χ0v) is 14.9. The van der Waals surface area contributed by atoms with E-state index in [0.29, 0.717) is 18.3 Å². The van der Waals surface area contributed by atoms with E-state index in [2.05, 4.69) is 18.9 Å². The minimum atomic E-state index is -0.0231. The predicted octanol–water partition coefficient (Wildman–Crippen LogP) is 3.06. The molecular formula is C16H26ClN3O2. The summed E-state index contributed by atoms with van der Waals surface area (Å²) in [5.41, 5.74) is 1.59. The largest absolute Gasteiger partial charge is 0.383 e. The first-order valence-electron chi connectivity index (χ1n) is 7.62. The van der Waals surface area contributed by atoms with Crippen LogP contribution in [-0.4, -0.2) is 46.9 Å². The lowest BCUT2D eigenvalue weighted by atomic mass is 10.1. The third kappa shape index (κ3) is 4.58. The van der Waals surface area contributed by atoms with Gasteiger partial charge < -0.3 is 9.64 Å². The van der Waals surface area contributed by atoms with Gasteiger partial charge in [0.05, 0.1) is 12.3 Å². The minimum Gasteiger partial charge on any atom is -0.383 e. The van der Waals surface area contributed by atoms with Crippen molar-refractivity contribution in [3.8, 4) is 0 Å². The summed E-state index contributed by atoms with van der Waals surface area (Å²) in [4.78, 5) is 14.4. The fourth-order valence-corrected chi connectivity index (χ4v) is 2.72. The Morgan fingerprint density at radius 1 is 1.45 bits per heavy atom. The molecule has 0 saturated heterocycles. The molecule has 0 N–H and O–H groups in total. The Morgan fingerprint density at radius 3 is 2.55 bits per heavy atom. The van der Waals surface area contributed by atoms with E-state index in [1.807, 2.05) is 11.8 Å². The topological polar surface area (TPSA) is 47.4 Å². The van der Waals surface area contributed by atoms with Gasteiger partial charge in [-0.15, -0.1) is 0 Å². The first-order valence-corrected chi connectivity index (χ1v) is 8.00. The Kier molecular flexibility index (Phi) is 7.62. The summed E-state index contributed by atoms with van der Waals surface area (Å²) in [5, 5.41) is 4.77. The Labute approximate surface area is 137 Å². The summed E-state index contributed by atoms with van der Waals surface area (Å²) in [7, 11) is 3.42. The molecule has 0 radical (unpaired) electrons. The van der Waals surface area contributed by atoms with Crippen LogP contribution in [0.15, 0.2) is 6.08 Å². The van der Waals surface area contributed by atoms with Gasteiger partial charge in [0, 0.05) is 38.4 Å². The lowest BCUT2D eigenvalue weighted by molar-refractivity contribution is -0.129. The Morgan fingerprint density at radius 2 is 2.09 bits per heavy atom. The maximum absolute atomic E-state index is 12.5. The van der Waals surface area contributed by atoms with Crippen molar-refractivity contribution in [3.63, 3.8) is 0 Å². The van der Waals surface area contributed by atoms with Crippen molar-refractivity contribution in [1.29, 1.82) is 0 Å². The molecule has 1 amide bonds. The van der Waals surface area contributed by atoms with Crippen molar-refractivity contribution < 1.29 is 9.53 Å². The number of hydrogen-bond acceptors (Lipinski definition) is 3. The lowest BCUT2D eigenvalue weighted by Gasteiger charge is -2.29. The van der Waals surface area contributed by atoms with Crippen molar-refractivity contribution in [3.05, 3.63) is 22.5 Å². The molecule has 1 aromatic heterocycles. The molecule has 0 fully saturated rings. The summed E-state index contributed by atoms with van der Waals surface area (Å²) >= 11 is 6.18. The number of carbonyl (C=O) groups is 1. The Bertz CT molecular complexity index is 522. The van der Waals surface area contributed by atoms with Crippen LogP contribution in [0.25, 0.3) is 6.08 Å².